The third-order valence-electron chi connectivity index (χ3n) is 3.93. The Kier molecular flexibility index (Phi) is 3.29. The maximum Gasteiger partial charge on any atom is 0.161 e. The van der Waals surface area contributed by atoms with Crippen molar-refractivity contribution in [3.8, 4) is 0 Å². The molecule has 0 radical (unpaired) electrons. The Morgan fingerprint density at radius 3 is 2.83 bits per heavy atom. The lowest BCUT2D eigenvalue weighted by atomic mass is 9.75. The van der Waals surface area contributed by atoms with Crippen LogP contribution < -0.4 is 5.46 Å². The Morgan fingerprint density at radius 1 is 1.33 bits per heavy atom. The van der Waals surface area contributed by atoms with Crippen molar-refractivity contribution in [3.05, 3.63) is 23.1 Å². The van der Waals surface area contributed by atoms with Crippen LogP contribution >= 0.6 is 11.6 Å². The van der Waals surface area contributed by atoms with Gasteiger partial charge in [0.2, 0.25) is 0 Å². The van der Waals surface area contributed by atoms with E-state index >= 15 is 0 Å². The van der Waals surface area contributed by atoms with Crippen LogP contribution in [0.3, 0.4) is 0 Å². The van der Waals surface area contributed by atoms with Crippen LogP contribution in [0.4, 0.5) is 0 Å². The quantitative estimate of drug-likeness (QED) is 0.614. The summed E-state index contributed by atoms with van der Waals surface area (Å²) in [7, 11) is 0.945. The van der Waals surface area contributed by atoms with Crippen LogP contribution in [-0.4, -0.2) is 21.9 Å². The van der Waals surface area contributed by atoms with E-state index in [0.717, 1.165) is 18.6 Å². The van der Waals surface area contributed by atoms with Crippen LogP contribution in [0, 0.1) is 0 Å². The summed E-state index contributed by atoms with van der Waals surface area (Å²) in [6, 6.07) is 2.00. The molecule has 1 aliphatic carbocycles. The largest absolute Gasteiger partial charge is 0.234 e. The zero-order valence-corrected chi connectivity index (χ0v) is 11.5. The van der Waals surface area contributed by atoms with Crippen LogP contribution in [0.5, 0.6) is 0 Å². The van der Waals surface area contributed by atoms with Gasteiger partial charge in [-0.05, 0) is 24.4 Å². The Bertz CT molecular complexity index is 561. The van der Waals surface area contributed by atoms with E-state index in [1.807, 2.05) is 12.3 Å². The maximum absolute atomic E-state index is 6.31. The molecule has 5 heteroatoms. The molecule has 18 heavy (non-hydrogen) atoms. The summed E-state index contributed by atoms with van der Waals surface area (Å²) < 4.78 is 1.74. The Balaban J connectivity index is 2.06. The van der Waals surface area contributed by atoms with Crippen LogP contribution in [-0.2, 0) is 0 Å². The highest BCUT2D eigenvalue weighted by molar-refractivity contribution is 6.54. The summed E-state index contributed by atoms with van der Waals surface area (Å²) in [6.07, 6.45) is 8.35. The van der Waals surface area contributed by atoms with Crippen LogP contribution in [0.2, 0.25) is 12.0 Å². The number of rotatable bonds is 2. The molecule has 0 aromatic carbocycles. The van der Waals surface area contributed by atoms with Crippen molar-refractivity contribution in [2.75, 3.05) is 0 Å². The van der Waals surface area contributed by atoms with Crippen LogP contribution in [0.25, 0.3) is 5.65 Å². The second kappa shape index (κ2) is 4.92. The molecule has 0 amide bonds. The molecule has 0 saturated heterocycles. The van der Waals surface area contributed by atoms with Gasteiger partial charge >= 0.3 is 0 Å². The molecule has 2 aromatic rings. The molecule has 0 aliphatic heterocycles. The fourth-order valence-corrected chi connectivity index (χ4v) is 3.08. The molecule has 3 rings (SSSR count). The molecule has 0 spiro atoms. The predicted octanol–water partition coefficient (Wildman–Crippen LogP) is 2.54. The molecule has 2 heterocycles. The number of hydrogen-bond donors (Lipinski definition) is 0. The lowest BCUT2D eigenvalue weighted by molar-refractivity contribution is 0.437. The number of hydrogen-bond acceptors (Lipinski definition) is 2. The summed E-state index contributed by atoms with van der Waals surface area (Å²) >= 11 is 6.31. The second-order valence-corrected chi connectivity index (χ2v) is 5.48. The molecule has 0 unspecified atom stereocenters. The van der Waals surface area contributed by atoms with E-state index in [4.69, 9.17) is 16.6 Å². The SMILES string of the molecule is CBc1cnn2c(Cl)cc(C3CCCCC3)nc12. The standard InChI is InChI=1S/C13H17BClN3/c1-14-10-8-16-18-12(15)7-11(17-13(10)18)9-5-3-2-4-6-9/h7-9,14H,2-6H2,1H3. The van der Waals surface area contributed by atoms with Gasteiger partial charge in [-0.3, -0.25) is 0 Å². The molecule has 1 saturated carbocycles. The summed E-state index contributed by atoms with van der Waals surface area (Å²) in [6.45, 7) is 2.12. The Labute approximate surface area is 113 Å². The second-order valence-electron chi connectivity index (χ2n) is 5.10. The van der Waals surface area contributed by atoms with Crippen molar-refractivity contribution in [2.24, 2.45) is 0 Å². The van der Waals surface area contributed by atoms with E-state index in [1.54, 1.807) is 4.52 Å². The van der Waals surface area contributed by atoms with E-state index in [-0.39, 0.29) is 0 Å². The topological polar surface area (TPSA) is 30.2 Å². The highest BCUT2D eigenvalue weighted by Gasteiger charge is 2.19. The van der Waals surface area contributed by atoms with Gasteiger partial charge in [0.25, 0.3) is 0 Å². The summed E-state index contributed by atoms with van der Waals surface area (Å²) in [5, 5.41) is 4.98. The molecule has 0 atom stereocenters. The van der Waals surface area contributed by atoms with Gasteiger partial charge in [0.05, 0.1) is 0 Å². The zero-order valence-electron chi connectivity index (χ0n) is 10.7. The Hall–Kier alpha value is -1.03. The van der Waals surface area contributed by atoms with Gasteiger partial charge in [0, 0.05) is 17.8 Å². The summed E-state index contributed by atoms with van der Waals surface area (Å²) in [4.78, 5) is 4.81. The van der Waals surface area contributed by atoms with E-state index < -0.39 is 0 Å². The van der Waals surface area contributed by atoms with E-state index in [1.165, 1.54) is 37.6 Å². The highest BCUT2D eigenvalue weighted by Crippen LogP contribution is 2.32. The van der Waals surface area contributed by atoms with Gasteiger partial charge in [0.1, 0.15) is 5.15 Å². The summed E-state index contributed by atoms with van der Waals surface area (Å²) in [5.41, 5.74) is 3.27. The average molecular weight is 262 g/mol. The minimum Gasteiger partial charge on any atom is -0.234 e. The van der Waals surface area contributed by atoms with Crippen molar-refractivity contribution in [1.82, 2.24) is 14.6 Å². The first kappa shape index (κ1) is 12.0. The average Bonchev–Trinajstić information content (AvgIpc) is 2.83. The van der Waals surface area contributed by atoms with Crippen molar-refractivity contribution >= 4 is 30.0 Å². The van der Waals surface area contributed by atoms with Gasteiger partial charge in [-0.1, -0.05) is 37.7 Å². The van der Waals surface area contributed by atoms with Gasteiger partial charge in [-0.2, -0.15) is 5.10 Å². The molecule has 94 valence electrons. The molecular weight excluding hydrogens is 244 g/mol. The third kappa shape index (κ3) is 2.03. The minimum absolute atomic E-state index is 0.584. The van der Waals surface area contributed by atoms with Gasteiger partial charge in [-0.15, -0.1) is 0 Å². The first-order valence-electron chi connectivity index (χ1n) is 6.82. The number of nitrogens with zero attached hydrogens (tertiary/aromatic N) is 3. The molecule has 2 aromatic heterocycles. The number of aromatic nitrogens is 3. The van der Waals surface area contributed by atoms with E-state index in [0.29, 0.717) is 11.1 Å². The highest BCUT2D eigenvalue weighted by atomic mass is 35.5. The molecule has 1 aliphatic rings. The van der Waals surface area contributed by atoms with Crippen molar-refractivity contribution in [3.63, 3.8) is 0 Å². The van der Waals surface area contributed by atoms with Gasteiger partial charge in [-0.25, -0.2) is 9.50 Å². The van der Waals surface area contributed by atoms with Crippen LogP contribution in [0.1, 0.15) is 43.7 Å². The molecule has 0 bridgehead atoms. The fraction of sp³-hybridized carbons (Fsp3) is 0.538. The van der Waals surface area contributed by atoms with Gasteiger partial charge in [0.15, 0.2) is 12.9 Å². The smallest absolute Gasteiger partial charge is 0.161 e. The normalized spacial score (nSPS) is 17.2. The van der Waals surface area contributed by atoms with Gasteiger partial charge < -0.3 is 0 Å². The number of halogens is 1. The van der Waals surface area contributed by atoms with Crippen molar-refractivity contribution in [2.45, 2.75) is 44.8 Å². The summed E-state index contributed by atoms with van der Waals surface area (Å²) in [5.74, 6) is 0.584. The lowest BCUT2D eigenvalue weighted by Gasteiger charge is -2.21. The monoisotopic (exact) mass is 261 g/mol. The fourth-order valence-electron chi connectivity index (χ4n) is 2.85. The van der Waals surface area contributed by atoms with E-state index in [2.05, 4.69) is 11.9 Å². The van der Waals surface area contributed by atoms with Crippen LogP contribution in [0.15, 0.2) is 12.3 Å². The minimum atomic E-state index is 0.584. The first-order valence-corrected chi connectivity index (χ1v) is 7.20. The van der Waals surface area contributed by atoms with Crippen molar-refractivity contribution < 1.29 is 0 Å². The third-order valence-corrected chi connectivity index (χ3v) is 4.19. The molecular formula is C13H17BClN3. The lowest BCUT2D eigenvalue weighted by Crippen LogP contribution is -2.14. The molecule has 0 N–H and O–H groups in total. The first-order chi connectivity index (χ1) is 8.79. The zero-order chi connectivity index (χ0) is 12.5. The Morgan fingerprint density at radius 2 is 2.11 bits per heavy atom. The maximum atomic E-state index is 6.31. The number of fused-ring (bicyclic) bond motifs is 1. The van der Waals surface area contributed by atoms with E-state index in [9.17, 15) is 0 Å². The van der Waals surface area contributed by atoms with Crippen molar-refractivity contribution in [1.29, 1.82) is 0 Å². The predicted molar refractivity (Wildman–Crippen MR) is 76.5 cm³/mol. The molecule has 1 fully saturated rings. The molecule has 3 nitrogen and oxygen atoms in total.